The van der Waals surface area contributed by atoms with E-state index in [9.17, 15) is 4.79 Å². The third kappa shape index (κ3) is 2.10. The van der Waals surface area contributed by atoms with Crippen molar-refractivity contribution in [2.45, 2.75) is 5.75 Å². The quantitative estimate of drug-likeness (QED) is 0.782. The predicted molar refractivity (Wildman–Crippen MR) is 61.1 cm³/mol. The fraction of sp³-hybridized carbons (Fsp3) is 0.0909. The Bertz CT molecular complexity index is 464. The highest BCUT2D eigenvalue weighted by Crippen LogP contribution is 2.04. The monoisotopic (exact) mass is 218 g/mol. The fourth-order valence-electron chi connectivity index (χ4n) is 1.27. The maximum Gasteiger partial charge on any atom is 0.278 e. The summed E-state index contributed by atoms with van der Waals surface area (Å²) in [6, 6.07) is 10.9. The summed E-state index contributed by atoms with van der Waals surface area (Å²) in [6.45, 7) is 0. The summed E-state index contributed by atoms with van der Waals surface area (Å²) in [5.74, 6) is 0.415. The molecule has 0 aliphatic carbocycles. The van der Waals surface area contributed by atoms with Gasteiger partial charge < -0.3 is 0 Å². The summed E-state index contributed by atoms with van der Waals surface area (Å²) in [7, 11) is 0. The van der Waals surface area contributed by atoms with E-state index in [1.165, 1.54) is 4.68 Å². The van der Waals surface area contributed by atoms with E-state index >= 15 is 0 Å². The van der Waals surface area contributed by atoms with E-state index in [1.807, 2.05) is 18.2 Å². The molecule has 0 spiro atoms. The molecule has 0 unspecified atom stereocenters. The lowest BCUT2D eigenvalue weighted by Crippen LogP contribution is -2.12. The van der Waals surface area contributed by atoms with Crippen molar-refractivity contribution in [3.63, 3.8) is 0 Å². The lowest BCUT2D eigenvalue weighted by Gasteiger charge is -1.99. The molecule has 0 amide bonds. The van der Waals surface area contributed by atoms with Gasteiger partial charge in [0.2, 0.25) is 0 Å². The molecule has 0 aliphatic rings. The van der Waals surface area contributed by atoms with Gasteiger partial charge in [-0.15, -0.1) is 0 Å². The zero-order valence-corrected chi connectivity index (χ0v) is 8.89. The highest BCUT2D eigenvalue weighted by molar-refractivity contribution is 7.79. The number of aromatic nitrogens is 2. The van der Waals surface area contributed by atoms with Crippen LogP contribution in [-0.2, 0) is 5.75 Å². The Balaban J connectivity index is 2.29. The zero-order valence-electron chi connectivity index (χ0n) is 8.00. The Morgan fingerprint density at radius 2 is 2.00 bits per heavy atom. The van der Waals surface area contributed by atoms with Crippen LogP contribution < -0.4 is 0 Å². The van der Waals surface area contributed by atoms with E-state index in [1.54, 1.807) is 24.4 Å². The van der Waals surface area contributed by atoms with Crippen LogP contribution in [-0.4, -0.2) is 15.7 Å². The van der Waals surface area contributed by atoms with Crippen LogP contribution in [0.15, 0.2) is 42.6 Å². The highest BCUT2D eigenvalue weighted by atomic mass is 32.1. The van der Waals surface area contributed by atoms with Crippen molar-refractivity contribution >= 4 is 18.5 Å². The van der Waals surface area contributed by atoms with Crippen LogP contribution >= 0.6 is 12.6 Å². The molecule has 0 atom stereocenters. The number of thiol groups is 1. The van der Waals surface area contributed by atoms with Crippen molar-refractivity contribution in [3.05, 3.63) is 53.9 Å². The number of nitrogens with zero attached hydrogens (tertiary/aromatic N) is 2. The summed E-state index contributed by atoms with van der Waals surface area (Å²) in [6.07, 6.45) is 1.65. The van der Waals surface area contributed by atoms with E-state index in [4.69, 9.17) is 0 Å². The molecule has 1 heterocycles. The maximum absolute atomic E-state index is 11.9. The van der Waals surface area contributed by atoms with Gasteiger partial charge in [-0.05, 0) is 18.2 Å². The molecule has 76 valence electrons. The SMILES string of the molecule is O=C(c1ccccc1)n1ccc(CS)n1. The number of carbonyl (C=O) groups is 1. The van der Waals surface area contributed by atoms with Crippen molar-refractivity contribution in [3.8, 4) is 0 Å². The molecular formula is C11H10N2OS. The first kappa shape index (κ1) is 9.98. The van der Waals surface area contributed by atoms with Gasteiger partial charge in [-0.25, -0.2) is 4.68 Å². The Labute approximate surface area is 93.1 Å². The molecule has 15 heavy (non-hydrogen) atoms. The molecule has 0 saturated carbocycles. The molecule has 0 saturated heterocycles. The third-order valence-corrected chi connectivity index (χ3v) is 2.36. The van der Waals surface area contributed by atoms with Gasteiger partial charge in [0, 0.05) is 17.5 Å². The van der Waals surface area contributed by atoms with E-state index < -0.39 is 0 Å². The molecule has 0 bridgehead atoms. The number of rotatable bonds is 2. The summed E-state index contributed by atoms with van der Waals surface area (Å²) in [4.78, 5) is 11.9. The molecule has 2 rings (SSSR count). The smallest absolute Gasteiger partial charge is 0.267 e. The van der Waals surface area contributed by atoms with Crippen LogP contribution in [0.3, 0.4) is 0 Å². The summed E-state index contributed by atoms with van der Waals surface area (Å²) in [5, 5.41) is 4.10. The van der Waals surface area contributed by atoms with E-state index in [2.05, 4.69) is 17.7 Å². The number of benzene rings is 1. The van der Waals surface area contributed by atoms with Gasteiger partial charge in [0.25, 0.3) is 5.91 Å². The zero-order chi connectivity index (χ0) is 10.7. The van der Waals surface area contributed by atoms with Crippen LogP contribution in [0.4, 0.5) is 0 Å². The lowest BCUT2D eigenvalue weighted by atomic mass is 10.2. The normalized spacial score (nSPS) is 10.2. The second-order valence-electron chi connectivity index (χ2n) is 3.08. The summed E-state index contributed by atoms with van der Waals surface area (Å²) < 4.78 is 1.33. The van der Waals surface area contributed by atoms with Gasteiger partial charge in [-0.3, -0.25) is 4.79 Å². The molecule has 0 fully saturated rings. The van der Waals surface area contributed by atoms with Gasteiger partial charge >= 0.3 is 0 Å². The molecule has 4 heteroatoms. The first-order valence-corrected chi connectivity index (χ1v) is 5.19. The van der Waals surface area contributed by atoms with Crippen molar-refractivity contribution < 1.29 is 4.79 Å². The number of hydrogen-bond acceptors (Lipinski definition) is 3. The number of hydrogen-bond donors (Lipinski definition) is 1. The third-order valence-electron chi connectivity index (χ3n) is 2.04. The van der Waals surface area contributed by atoms with E-state index in [0.29, 0.717) is 11.3 Å². The summed E-state index contributed by atoms with van der Waals surface area (Å²) >= 11 is 4.09. The van der Waals surface area contributed by atoms with Crippen molar-refractivity contribution in [2.75, 3.05) is 0 Å². The lowest BCUT2D eigenvalue weighted by molar-refractivity contribution is 0.0944. The Morgan fingerprint density at radius 1 is 1.27 bits per heavy atom. The average Bonchev–Trinajstić information content (AvgIpc) is 2.78. The Morgan fingerprint density at radius 3 is 2.60 bits per heavy atom. The molecule has 3 nitrogen and oxygen atoms in total. The molecular weight excluding hydrogens is 208 g/mol. The largest absolute Gasteiger partial charge is 0.278 e. The summed E-state index contributed by atoms with van der Waals surface area (Å²) in [5.41, 5.74) is 1.42. The molecule has 0 radical (unpaired) electrons. The fourth-order valence-corrected chi connectivity index (χ4v) is 1.44. The average molecular weight is 218 g/mol. The van der Waals surface area contributed by atoms with Crippen molar-refractivity contribution in [1.82, 2.24) is 9.78 Å². The van der Waals surface area contributed by atoms with Gasteiger partial charge in [0.05, 0.1) is 5.69 Å². The Hall–Kier alpha value is -1.55. The topological polar surface area (TPSA) is 34.9 Å². The molecule has 1 aromatic carbocycles. The van der Waals surface area contributed by atoms with Crippen LogP contribution in [0.25, 0.3) is 0 Å². The minimum atomic E-state index is -0.122. The molecule has 2 aromatic rings. The van der Waals surface area contributed by atoms with Crippen molar-refractivity contribution in [2.24, 2.45) is 0 Å². The van der Waals surface area contributed by atoms with E-state index in [-0.39, 0.29) is 5.91 Å². The Kier molecular flexibility index (Phi) is 2.87. The second-order valence-corrected chi connectivity index (χ2v) is 3.40. The van der Waals surface area contributed by atoms with Gasteiger partial charge in [-0.1, -0.05) is 18.2 Å². The first-order valence-electron chi connectivity index (χ1n) is 4.56. The second kappa shape index (κ2) is 4.31. The predicted octanol–water partition coefficient (Wildman–Crippen LogP) is 2.00. The highest BCUT2D eigenvalue weighted by Gasteiger charge is 2.08. The van der Waals surface area contributed by atoms with Crippen LogP contribution in [0.2, 0.25) is 0 Å². The molecule has 0 N–H and O–H groups in total. The standard InChI is InChI=1S/C11H10N2OS/c14-11(9-4-2-1-3-5-9)13-7-6-10(8-15)12-13/h1-7,15H,8H2. The van der Waals surface area contributed by atoms with Gasteiger partial charge in [-0.2, -0.15) is 17.7 Å². The van der Waals surface area contributed by atoms with Gasteiger partial charge in [0.1, 0.15) is 0 Å². The van der Waals surface area contributed by atoms with E-state index in [0.717, 1.165) is 5.69 Å². The minimum absolute atomic E-state index is 0.122. The van der Waals surface area contributed by atoms with Crippen LogP contribution in [0, 0.1) is 0 Å². The van der Waals surface area contributed by atoms with Crippen molar-refractivity contribution in [1.29, 1.82) is 0 Å². The first-order chi connectivity index (χ1) is 7.31. The van der Waals surface area contributed by atoms with Crippen LogP contribution in [0.1, 0.15) is 16.1 Å². The maximum atomic E-state index is 11.9. The molecule has 0 aliphatic heterocycles. The number of carbonyl (C=O) groups excluding carboxylic acids is 1. The minimum Gasteiger partial charge on any atom is -0.267 e. The molecule has 1 aromatic heterocycles. The van der Waals surface area contributed by atoms with Crippen LogP contribution in [0.5, 0.6) is 0 Å². The van der Waals surface area contributed by atoms with Gasteiger partial charge in [0.15, 0.2) is 0 Å².